The van der Waals surface area contributed by atoms with Crippen molar-refractivity contribution in [1.82, 2.24) is 16.0 Å². The number of hydrogen-bond donors (Lipinski definition) is 6. The van der Waals surface area contributed by atoms with Gasteiger partial charge in [0.05, 0.1) is 10.8 Å². The predicted octanol–water partition coefficient (Wildman–Crippen LogP) is 2.00. The van der Waals surface area contributed by atoms with Crippen molar-refractivity contribution >= 4 is 45.3 Å². The minimum Gasteiger partial charge on any atom is -0.508 e. The van der Waals surface area contributed by atoms with E-state index in [0.29, 0.717) is 0 Å². The first-order valence-corrected chi connectivity index (χ1v) is 14.9. The number of benzene rings is 2. The molecule has 0 spiro atoms. The van der Waals surface area contributed by atoms with Crippen molar-refractivity contribution < 1.29 is 29.4 Å². The molecule has 1 heterocycles. The standard InChI is InChI=1S/C28H36N4O6S2/c1-27(2)21(31-23(34)19(29)14-17-10-12-18(33)13-11-17)25(36)30-20(15-16-8-6-5-7-9-16)24(35)32-22(26(37)38)28(3,4)40-39-27/h5-13,19-22,33H,14-15,29H2,1-4H3,(H,30,36)(H,31,34)(H,32,35)(H,37,38)/t19-,20?,21-,22-/m0/s1. The Morgan fingerprint density at radius 3 is 2.12 bits per heavy atom. The third kappa shape index (κ3) is 8.15. The minimum atomic E-state index is -1.24. The summed E-state index contributed by atoms with van der Waals surface area (Å²) < 4.78 is -1.91. The summed E-state index contributed by atoms with van der Waals surface area (Å²) in [6, 6.07) is 10.9. The topological polar surface area (TPSA) is 171 Å². The van der Waals surface area contributed by atoms with Gasteiger partial charge in [0.2, 0.25) is 17.7 Å². The average Bonchev–Trinajstić information content (AvgIpc) is 2.90. The summed E-state index contributed by atoms with van der Waals surface area (Å²) in [5, 5.41) is 27.6. The number of amides is 3. The average molecular weight is 589 g/mol. The molecule has 216 valence electrons. The fourth-order valence-electron chi connectivity index (χ4n) is 4.18. The normalized spacial score (nSPS) is 23.6. The highest BCUT2D eigenvalue weighted by molar-refractivity contribution is 8.77. The minimum absolute atomic E-state index is 0.0919. The van der Waals surface area contributed by atoms with Crippen molar-refractivity contribution in [1.29, 1.82) is 0 Å². The van der Waals surface area contributed by atoms with Gasteiger partial charge in [-0.2, -0.15) is 0 Å². The van der Waals surface area contributed by atoms with E-state index in [9.17, 15) is 29.4 Å². The van der Waals surface area contributed by atoms with E-state index in [0.717, 1.165) is 11.1 Å². The highest BCUT2D eigenvalue weighted by Crippen LogP contribution is 2.46. The zero-order valence-corrected chi connectivity index (χ0v) is 24.5. The number of phenolic OH excluding ortho intramolecular Hbond substituents is 1. The lowest BCUT2D eigenvalue weighted by Crippen LogP contribution is -2.62. The van der Waals surface area contributed by atoms with E-state index in [1.807, 2.05) is 6.07 Å². The monoisotopic (exact) mass is 588 g/mol. The molecule has 1 unspecified atom stereocenters. The Kier molecular flexibility index (Phi) is 10.1. The number of aliphatic carboxylic acids is 1. The van der Waals surface area contributed by atoms with E-state index in [4.69, 9.17) is 5.73 Å². The molecular weight excluding hydrogens is 552 g/mol. The van der Waals surface area contributed by atoms with Gasteiger partial charge in [-0.3, -0.25) is 14.4 Å². The molecule has 0 bridgehead atoms. The second kappa shape index (κ2) is 13.0. The van der Waals surface area contributed by atoms with Crippen molar-refractivity contribution in [2.24, 2.45) is 5.73 Å². The van der Waals surface area contributed by atoms with Gasteiger partial charge >= 0.3 is 5.97 Å². The van der Waals surface area contributed by atoms with E-state index in [-0.39, 0.29) is 18.6 Å². The predicted molar refractivity (Wildman–Crippen MR) is 157 cm³/mol. The number of aromatic hydroxyl groups is 1. The zero-order valence-electron chi connectivity index (χ0n) is 22.8. The largest absolute Gasteiger partial charge is 0.508 e. The number of carbonyl (C=O) groups is 4. The van der Waals surface area contributed by atoms with Crippen LogP contribution in [0.15, 0.2) is 54.6 Å². The Labute approximate surface area is 241 Å². The summed E-state index contributed by atoms with van der Waals surface area (Å²) in [6.07, 6.45) is 0.294. The zero-order chi connectivity index (χ0) is 29.7. The maximum absolute atomic E-state index is 13.7. The van der Waals surface area contributed by atoms with Gasteiger partial charge in [-0.1, -0.05) is 64.1 Å². The molecule has 0 aliphatic carbocycles. The number of nitrogens with one attached hydrogen (secondary N) is 3. The molecule has 3 amide bonds. The summed E-state index contributed by atoms with van der Waals surface area (Å²) in [4.78, 5) is 52.5. The van der Waals surface area contributed by atoms with E-state index >= 15 is 0 Å². The lowest BCUT2D eigenvalue weighted by Gasteiger charge is -2.36. The molecule has 7 N–H and O–H groups in total. The molecule has 12 heteroatoms. The molecule has 4 atom stereocenters. The molecule has 1 fully saturated rings. The number of phenols is 1. The second-order valence-electron chi connectivity index (χ2n) is 10.8. The summed E-state index contributed by atoms with van der Waals surface area (Å²) in [5.41, 5.74) is 7.69. The van der Waals surface area contributed by atoms with Gasteiger partial charge in [-0.25, -0.2) is 4.79 Å². The Morgan fingerprint density at radius 2 is 1.52 bits per heavy atom. The van der Waals surface area contributed by atoms with Crippen LogP contribution >= 0.6 is 21.6 Å². The third-order valence-electron chi connectivity index (χ3n) is 6.59. The Balaban J connectivity index is 1.92. The summed E-state index contributed by atoms with van der Waals surface area (Å²) >= 11 is 0. The summed E-state index contributed by atoms with van der Waals surface area (Å²) in [5.74, 6) is -2.90. The van der Waals surface area contributed by atoms with Crippen molar-refractivity contribution in [3.63, 3.8) is 0 Å². The fraction of sp³-hybridized carbons (Fsp3) is 0.429. The molecule has 40 heavy (non-hydrogen) atoms. The number of carbonyl (C=O) groups excluding carboxylic acids is 3. The molecular formula is C28H36N4O6S2. The number of hydrogen-bond acceptors (Lipinski definition) is 8. The van der Waals surface area contributed by atoms with Gasteiger partial charge in [0, 0.05) is 11.2 Å². The fourth-order valence-corrected chi connectivity index (χ4v) is 7.00. The highest BCUT2D eigenvalue weighted by Gasteiger charge is 2.45. The van der Waals surface area contributed by atoms with Gasteiger partial charge in [0.25, 0.3) is 0 Å². The van der Waals surface area contributed by atoms with Gasteiger partial charge in [-0.15, -0.1) is 0 Å². The van der Waals surface area contributed by atoms with E-state index in [1.165, 1.54) is 33.7 Å². The van der Waals surface area contributed by atoms with E-state index < -0.39 is 57.4 Å². The second-order valence-corrected chi connectivity index (χ2v) is 14.3. The van der Waals surface area contributed by atoms with Crippen LogP contribution in [-0.4, -0.2) is 67.6 Å². The lowest BCUT2D eigenvalue weighted by molar-refractivity contribution is -0.143. The van der Waals surface area contributed by atoms with Crippen LogP contribution in [0.3, 0.4) is 0 Å². The quantitative estimate of drug-likeness (QED) is 0.265. The Bertz CT molecular complexity index is 1220. The van der Waals surface area contributed by atoms with Gasteiger partial charge in [0.1, 0.15) is 23.9 Å². The number of rotatable bonds is 7. The summed E-state index contributed by atoms with van der Waals surface area (Å²) in [6.45, 7) is 6.96. The van der Waals surface area contributed by atoms with Crippen molar-refractivity contribution in [2.45, 2.75) is 74.2 Å². The SMILES string of the molecule is CC1(C)SSC(C)(C)[C@@H](NC(=O)[C@@H](N)Cc2ccc(O)cc2)C(=O)NC(Cc2ccccc2)C(=O)N[C@H]1C(=O)O. The molecule has 0 aromatic heterocycles. The maximum atomic E-state index is 13.7. The molecule has 2 aromatic carbocycles. The number of carboxylic acid groups (broad SMARTS) is 1. The molecule has 1 aliphatic heterocycles. The molecule has 10 nitrogen and oxygen atoms in total. The first-order valence-electron chi connectivity index (χ1n) is 12.8. The van der Waals surface area contributed by atoms with Crippen LogP contribution < -0.4 is 21.7 Å². The summed E-state index contributed by atoms with van der Waals surface area (Å²) in [7, 11) is 2.47. The van der Waals surface area contributed by atoms with Crippen molar-refractivity contribution in [2.75, 3.05) is 0 Å². The first kappa shape index (κ1) is 31.3. The van der Waals surface area contributed by atoms with E-state index in [1.54, 1.807) is 64.1 Å². The van der Waals surface area contributed by atoms with Gasteiger partial charge < -0.3 is 31.9 Å². The lowest BCUT2D eigenvalue weighted by atomic mass is 9.98. The Hall–Kier alpha value is -3.22. The van der Waals surface area contributed by atoms with Gasteiger partial charge in [-0.05, 0) is 57.4 Å². The molecule has 2 aromatic rings. The number of nitrogens with two attached hydrogens (primary N) is 1. The highest BCUT2D eigenvalue weighted by atomic mass is 33.1. The molecule has 1 aliphatic rings. The van der Waals surface area contributed by atoms with Crippen LogP contribution in [0.5, 0.6) is 5.75 Å². The first-order chi connectivity index (χ1) is 18.7. The molecule has 0 radical (unpaired) electrons. The van der Waals surface area contributed by atoms with E-state index in [2.05, 4.69) is 16.0 Å². The third-order valence-corrected chi connectivity index (χ3v) is 10.8. The van der Waals surface area contributed by atoms with Crippen molar-refractivity contribution in [3.8, 4) is 5.75 Å². The van der Waals surface area contributed by atoms with Crippen LogP contribution in [0.25, 0.3) is 0 Å². The van der Waals surface area contributed by atoms with Gasteiger partial charge in [0.15, 0.2) is 0 Å². The Morgan fingerprint density at radius 1 is 0.925 bits per heavy atom. The van der Waals surface area contributed by atoms with Crippen LogP contribution in [0, 0.1) is 0 Å². The van der Waals surface area contributed by atoms with Crippen LogP contribution in [0.1, 0.15) is 38.8 Å². The van der Waals surface area contributed by atoms with Crippen LogP contribution in [0.4, 0.5) is 0 Å². The van der Waals surface area contributed by atoms with Crippen LogP contribution in [0.2, 0.25) is 0 Å². The molecule has 1 saturated heterocycles. The van der Waals surface area contributed by atoms with Crippen LogP contribution in [-0.2, 0) is 32.0 Å². The smallest absolute Gasteiger partial charge is 0.327 e. The maximum Gasteiger partial charge on any atom is 0.327 e. The number of carboxylic acids is 1. The molecule has 0 saturated carbocycles. The van der Waals surface area contributed by atoms with Crippen molar-refractivity contribution in [3.05, 3.63) is 65.7 Å². The molecule has 3 rings (SSSR count).